The van der Waals surface area contributed by atoms with Crippen molar-refractivity contribution in [2.45, 2.75) is 6.92 Å². The standard InChI is InChI=1S/C16H20N4O2S/c1-2-17-16-18-11-14(23-16)15(21)19-12-3-5-13(6-4-12)20-7-9-22-10-8-20/h3-6,11H,2,7-10H2,1H3,(H,17,18)(H,19,21). The summed E-state index contributed by atoms with van der Waals surface area (Å²) in [4.78, 5) is 19.3. The number of hydrogen-bond donors (Lipinski definition) is 2. The average molecular weight is 332 g/mol. The van der Waals surface area contributed by atoms with Gasteiger partial charge in [0.1, 0.15) is 4.88 Å². The highest BCUT2D eigenvalue weighted by Gasteiger charge is 2.13. The lowest BCUT2D eigenvalue weighted by Gasteiger charge is -2.28. The van der Waals surface area contributed by atoms with Gasteiger partial charge in [0.2, 0.25) is 0 Å². The van der Waals surface area contributed by atoms with E-state index in [0.717, 1.165) is 49.4 Å². The molecule has 2 aromatic rings. The van der Waals surface area contributed by atoms with Gasteiger partial charge in [-0.2, -0.15) is 0 Å². The van der Waals surface area contributed by atoms with Crippen molar-refractivity contribution in [3.63, 3.8) is 0 Å². The highest BCUT2D eigenvalue weighted by molar-refractivity contribution is 7.17. The molecule has 0 spiro atoms. The Hall–Kier alpha value is -2.12. The Labute approximate surface area is 139 Å². The Morgan fingerprint density at radius 2 is 2.04 bits per heavy atom. The van der Waals surface area contributed by atoms with E-state index in [1.807, 2.05) is 31.2 Å². The Morgan fingerprint density at radius 1 is 1.30 bits per heavy atom. The molecule has 6 nitrogen and oxygen atoms in total. The van der Waals surface area contributed by atoms with Gasteiger partial charge in [-0.15, -0.1) is 0 Å². The highest BCUT2D eigenvalue weighted by Crippen LogP contribution is 2.22. The van der Waals surface area contributed by atoms with Gasteiger partial charge in [-0.05, 0) is 31.2 Å². The van der Waals surface area contributed by atoms with E-state index in [0.29, 0.717) is 4.88 Å². The molecule has 1 amide bonds. The summed E-state index contributed by atoms with van der Waals surface area (Å²) in [5.74, 6) is -0.134. The molecular formula is C16H20N4O2S. The lowest BCUT2D eigenvalue weighted by atomic mass is 10.2. The number of morpholine rings is 1. The third-order valence-electron chi connectivity index (χ3n) is 3.56. The van der Waals surface area contributed by atoms with Crippen molar-refractivity contribution in [3.8, 4) is 0 Å². The van der Waals surface area contributed by atoms with E-state index in [9.17, 15) is 4.79 Å². The summed E-state index contributed by atoms with van der Waals surface area (Å²) in [6, 6.07) is 7.90. The van der Waals surface area contributed by atoms with Crippen molar-refractivity contribution in [2.24, 2.45) is 0 Å². The number of rotatable bonds is 5. The second kappa shape index (κ2) is 7.43. The molecule has 1 aliphatic rings. The molecule has 0 bridgehead atoms. The lowest BCUT2D eigenvalue weighted by molar-refractivity contribution is 0.103. The number of thiazole rings is 1. The topological polar surface area (TPSA) is 66.5 Å². The van der Waals surface area contributed by atoms with Crippen LogP contribution in [0.3, 0.4) is 0 Å². The van der Waals surface area contributed by atoms with Crippen molar-refractivity contribution < 1.29 is 9.53 Å². The summed E-state index contributed by atoms with van der Waals surface area (Å²) in [5.41, 5.74) is 1.93. The number of aromatic nitrogens is 1. The molecule has 3 rings (SSSR count). The van der Waals surface area contributed by atoms with E-state index < -0.39 is 0 Å². The van der Waals surface area contributed by atoms with Gasteiger partial charge in [-0.3, -0.25) is 4.79 Å². The maximum absolute atomic E-state index is 12.2. The van der Waals surface area contributed by atoms with Gasteiger partial charge in [0.25, 0.3) is 5.91 Å². The van der Waals surface area contributed by atoms with Gasteiger partial charge in [-0.25, -0.2) is 4.98 Å². The summed E-state index contributed by atoms with van der Waals surface area (Å²) >= 11 is 1.35. The molecule has 0 saturated carbocycles. The van der Waals surface area contributed by atoms with E-state index >= 15 is 0 Å². The quantitative estimate of drug-likeness (QED) is 0.881. The van der Waals surface area contributed by atoms with Gasteiger partial charge >= 0.3 is 0 Å². The van der Waals surface area contributed by atoms with Crippen molar-refractivity contribution in [1.29, 1.82) is 0 Å². The van der Waals surface area contributed by atoms with E-state index in [2.05, 4.69) is 20.5 Å². The Bertz CT molecular complexity index is 650. The zero-order valence-corrected chi connectivity index (χ0v) is 13.9. The molecule has 0 atom stereocenters. The fraction of sp³-hybridized carbons (Fsp3) is 0.375. The maximum atomic E-state index is 12.2. The number of amides is 1. The molecule has 2 heterocycles. The molecule has 1 saturated heterocycles. The van der Waals surface area contributed by atoms with Gasteiger partial charge in [0, 0.05) is 31.0 Å². The second-order valence-corrected chi connectivity index (χ2v) is 6.19. The molecule has 0 aliphatic carbocycles. The minimum absolute atomic E-state index is 0.134. The van der Waals surface area contributed by atoms with Crippen LogP contribution >= 0.6 is 11.3 Å². The minimum Gasteiger partial charge on any atom is -0.378 e. The van der Waals surface area contributed by atoms with E-state index in [-0.39, 0.29) is 5.91 Å². The van der Waals surface area contributed by atoms with E-state index in [4.69, 9.17) is 4.74 Å². The summed E-state index contributed by atoms with van der Waals surface area (Å²) < 4.78 is 5.36. The van der Waals surface area contributed by atoms with Gasteiger partial charge in [0.15, 0.2) is 5.13 Å². The number of carbonyl (C=O) groups excluding carboxylic acids is 1. The second-order valence-electron chi connectivity index (χ2n) is 5.16. The molecule has 1 fully saturated rings. The van der Waals surface area contributed by atoms with Crippen LogP contribution in [0.15, 0.2) is 30.5 Å². The summed E-state index contributed by atoms with van der Waals surface area (Å²) in [7, 11) is 0. The van der Waals surface area contributed by atoms with Gasteiger partial charge < -0.3 is 20.3 Å². The number of nitrogens with zero attached hydrogens (tertiary/aromatic N) is 2. The Balaban J connectivity index is 1.61. The molecule has 122 valence electrons. The van der Waals surface area contributed by atoms with Crippen LogP contribution in [0.1, 0.15) is 16.6 Å². The maximum Gasteiger partial charge on any atom is 0.267 e. The van der Waals surface area contributed by atoms with E-state index in [1.54, 1.807) is 6.20 Å². The zero-order valence-electron chi connectivity index (χ0n) is 13.0. The van der Waals surface area contributed by atoms with Crippen LogP contribution in [-0.2, 0) is 4.74 Å². The fourth-order valence-electron chi connectivity index (χ4n) is 2.38. The van der Waals surface area contributed by atoms with E-state index in [1.165, 1.54) is 11.3 Å². The summed E-state index contributed by atoms with van der Waals surface area (Å²) in [6.07, 6.45) is 1.60. The van der Waals surface area contributed by atoms with Crippen LogP contribution in [0.4, 0.5) is 16.5 Å². The predicted molar refractivity (Wildman–Crippen MR) is 93.7 cm³/mol. The number of ether oxygens (including phenoxy) is 1. The summed E-state index contributed by atoms with van der Waals surface area (Å²) in [5, 5.41) is 6.77. The molecule has 0 radical (unpaired) electrons. The van der Waals surface area contributed by atoms with Crippen LogP contribution in [0.2, 0.25) is 0 Å². The third kappa shape index (κ3) is 4.00. The normalized spacial score (nSPS) is 14.6. The molecule has 23 heavy (non-hydrogen) atoms. The van der Waals surface area contributed by atoms with Crippen LogP contribution in [0, 0.1) is 0 Å². The smallest absolute Gasteiger partial charge is 0.267 e. The molecule has 7 heteroatoms. The molecule has 1 aromatic heterocycles. The van der Waals surface area contributed by atoms with Gasteiger partial charge in [-0.1, -0.05) is 11.3 Å². The fourth-order valence-corrected chi connectivity index (χ4v) is 3.16. The van der Waals surface area contributed by atoms with Crippen molar-refractivity contribution in [2.75, 3.05) is 48.4 Å². The molecule has 2 N–H and O–H groups in total. The monoisotopic (exact) mass is 332 g/mol. The average Bonchev–Trinajstić information content (AvgIpc) is 3.06. The van der Waals surface area contributed by atoms with Crippen LogP contribution in [0.5, 0.6) is 0 Å². The largest absolute Gasteiger partial charge is 0.378 e. The number of anilines is 3. The van der Waals surface area contributed by atoms with Gasteiger partial charge in [0.05, 0.1) is 19.4 Å². The minimum atomic E-state index is -0.134. The lowest BCUT2D eigenvalue weighted by Crippen LogP contribution is -2.36. The number of hydrogen-bond acceptors (Lipinski definition) is 6. The molecule has 0 unspecified atom stereocenters. The van der Waals surface area contributed by atoms with Crippen LogP contribution in [-0.4, -0.2) is 43.7 Å². The number of benzene rings is 1. The highest BCUT2D eigenvalue weighted by atomic mass is 32.1. The predicted octanol–water partition coefficient (Wildman–Crippen LogP) is 2.66. The molecule has 1 aliphatic heterocycles. The molecule has 1 aromatic carbocycles. The third-order valence-corrected chi connectivity index (χ3v) is 4.51. The number of carbonyl (C=O) groups is 1. The first-order valence-electron chi connectivity index (χ1n) is 7.70. The first-order chi connectivity index (χ1) is 11.3. The van der Waals surface area contributed by atoms with Crippen molar-refractivity contribution in [3.05, 3.63) is 35.3 Å². The van der Waals surface area contributed by atoms with Crippen LogP contribution < -0.4 is 15.5 Å². The van der Waals surface area contributed by atoms with Crippen molar-refractivity contribution in [1.82, 2.24) is 4.98 Å². The summed E-state index contributed by atoms with van der Waals surface area (Å²) in [6.45, 7) is 6.12. The van der Waals surface area contributed by atoms with Crippen molar-refractivity contribution >= 4 is 33.8 Å². The first-order valence-corrected chi connectivity index (χ1v) is 8.51. The zero-order chi connectivity index (χ0) is 16.1. The number of nitrogens with one attached hydrogen (secondary N) is 2. The SMILES string of the molecule is CCNc1ncc(C(=O)Nc2ccc(N3CCOCC3)cc2)s1. The van der Waals surface area contributed by atoms with Crippen LogP contribution in [0.25, 0.3) is 0 Å². The Kier molecular flexibility index (Phi) is 5.09. The molecular weight excluding hydrogens is 312 g/mol. The Morgan fingerprint density at radius 3 is 2.74 bits per heavy atom. The first kappa shape index (κ1) is 15.8.